The zero-order chi connectivity index (χ0) is 23.9. The van der Waals surface area contributed by atoms with E-state index in [-0.39, 0.29) is 17.5 Å². The Balaban J connectivity index is 1.24. The van der Waals surface area contributed by atoms with Crippen LogP contribution in [0.15, 0.2) is 65.7 Å². The molecule has 1 aromatic carbocycles. The van der Waals surface area contributed by atoms with Crippen molar-refractivity contribution in [3.8, 4) is 0 Å². The van der Waals surface area contributed by atoms with E-state index in [2.05, 4.69) is 31.3 Å². The molecule has 35 heavy (non-hydrogen) atoms. The van der Waals surface area contributed by atoms with Crippen molar-refractivity contribution < 1.29 is 4.79 Å². The number of H-pyrrole nitrogens is 1. The van der Waals surface area contributed by atoms with Crippen molar-refractivity contribution in [1.29, 1.82) is 0 Å². The number of hydrogen-bond acceptors (Lipinski definition) is 5. The van der Waals surface area contributed by atoms with E-state index in [9.17, 15) is 9.59 Å². The maximum absolute atomic E-state index is 13.5. The van der Waals surface area contributed by atoms with Crippen LogP contribution in [-0.2, 0) is 6.54 Å². The second-order valence-electron chi connectivity index (χ2n) is 8.97. The zero-order valence-corrected chi connectivity index (χ0v) is 19.5. The standard InChI is InChI=1S/C26H25BN6O2/c1-2-31-15-19(18-6-3-4-7-21(18)31)24(34)20-14-23(29-16-27-20)32-12-9-17(10-13-32)33-22-8-5-11-28-25(22)30-26(33)35/h3-8,11,14-17H,2,9-10,12-13H2,1H3,(H,28,30,35). The van der Waals surface area contributed by atoms with E-state index in [0.29, 0.717) is 16.7 Å². The Morgan fingerprint density at radius 3 is 2.74 bits per heavy atom. The molecule has 4 aromatic heterocycles. The van der Waals surface area contributed by atoms with Gasteiger partial charge in [-0.25, -0.2) is 0 Å². The summed E-state index contributed by atoms with van der Waals surface area (Å²) >= 11 is 0. The molecule has 5 heterocycles. The van der Waals surface area contributed by atoms with Crippen molar-refractivity contribution in [2.45, 2.75) is 32.4 Å². The Bertz CT molecular complexity index is 1610. The van der Waals surface area contributed by atoms with Gasteiger partial charge >= 0.3 is 202 Å². The number of nitrogens with one attached hydrogen (secondary N) is 1. The number of hydrogen-bond donors (Lipinski definition) is 1. The van der Waals surface area contributed by atoms with E-state index in [0.717, 1.165) is 54.7 Å². The summed E-state index contributed by atoms with van der Waals surface area (Å²) in [5, 5.41) is 0.970. The number of ketones is 1. The van der Waals surface area contributed by atoms with Crippen LogP contribution in [0.3, 0.4) is 0 Å². The van der Waals surface area contributed by atoms with E-state index >= 15 is 0 Å². The molecule has 1 fully saturated rings. The number of piperidine rings is 1. The van der Waals surface area contributed by atoms with Crippen LogP contribution in [0.25, 0.3) is 22.1 Å². The van der Waals surface area contributed by atoms with Gasteiger partial charge in [-0.05, 0) is 0 Å². The molecule has 1 aliphatic rings. The first-order valence-corrected chi connectivity index (χ1v) is 12.0. The molecule has 0 bridgehead atoms. The van der Waals surface area contributed by atoms with E-state index in [4.69, 9.17) is 0 Å². The van der Waals surface area contributed by atoms with Gasteiger partial charge in [-0.1, -0.05) is 0 Å². The van der Waals surface area contributed by atoms with Crippen molar-refractivity contribution in [1.82, 2.24) is 24.1 Å². The fraction of sp³-hybridized carbons (Fsp3) is 0.269. The number of pyridine rings is 1. The summed E-state index contributed by atoms with van der Waals surface area (Å²) in [6.45, 7) is 6.18. The molecule has 6 rings (SSSR count). The van der Waals surface area contributed by atoms with Gasteiger partial charge in [0.25, 0.3) is 0 Å². The van der Waals surface area contributed by atoms with Crippen LogP contribution in [0.1, 0.15) is 41.6 Å². The molecule has 8 nitrogen and oxygen atoms in total. The van der Waals surface area contributed by atoms with E-state index in [1.807, 2.05) is 53.2 Å². The van der Waals surface area contributed by atoms with E-state index in [1.54, 1.807) is 19.2 Å². The summed E-state index contributed by atoms with van der Waals surface area (Å²) < 4.78 is 3.94. The quantitative estimate of drug-likeness (QED) is 0.402. The van der Waals surface area contributed by atoms with Crippen LogP contribution < -0.4 is 10.6 Å². The number of imidazole rings is 1. The molecule has 174 valence electrons. The van der Waals surface area contributed by atoms with Crippen molar-refractivity contribution in [3.63, 3.8) is 0 Å². The molecule has 0 amide bonds. The molecule has 0 spiro atoms. The molecule has 0 atom stereocenters. The number of carbonyl (C=O) groups excluding carboxylic acids is 1. The Labute approximate surface area is 202 Å². The molecule has 0 radical (unpaired) electrons. The van der Waals surface area contributed by atoms with Gasteiger partial charge in [0.1, 0.15) is 0 Å². The third-order valence-electron chi connectivity index (χ3n) is 7.03. The van der Waals surface area contributed by atoms with Gasteiger partial charge in [0.15, 0.2) is 0 Å². The summed E-state index contributed by atoms with van der Waals surface area (Å²) in [6, 6.07) is 13.8. The van der Waals surface area contributed by atoms with Gasteiger partial charge in [0.05, 0.1) is 0 Å². The van der Waals surface area contributed by atoms with Crippen molar-refractivity contribution in [3.05, 3.63) is 82.5 Å². The number of nitrogens with zero attached hydrogens (tertiary/aromatic N) is 5. The normalized spacial score (nSPS) is 14.6. The average molecular weight is 464 g/mol. The molecule has 0 saturated carbocycles. The summed E-state index contributed by atoms with van der Waals surface area (Å²) in [5.74, 6) is 0.797. The van der Waals surface area contributed by atoms with Gasteiger partial charge in [0.2, 0.25) is 0 Å². The van der Waals surface area contributed by atoms with Gasteiger partial charge in [0, 0.05) is 0 Å². The van der Waals surface area contributed by atoms with Crippen molar-refractivity contribution >= 4 is 40.6 Å². The molecule has 1 N–H and O–H groups in total. The van der Waals surface area contributed by atoms with Crippen LogP contribution in [0.2, 0.25) is 0 Å². The first-order valence-electron chi connectivity index (χ1n) is 12.0. The summed E-state index contributed by atoms with van der Waals surface area (Å²) in [6.07, 6.45) is 6.97. The number of carbonyl (C=O) groups is 1. The van der Waals surface area contributed by atoms with Gasteiger partial charge in [-0.3, -0.25) is 0 Å². The van der Waals surface area contributed by atoms with E-state index in [1.165, 1.54) is 0 Å². The topological polar surface area (TPSA) is 88.8 Å². The Kier molecular flexibility index (Phi) is 5.32. The SMILES string of the molecule is CCn1cc(C(=O)c2bcnc(N3CCC(n4c(=O)[nH]c5ncccc54)CC3)c2)c2ccccc21. The predicted molar refractivity (Wildman–Crippen MR) is 137 cm³/mol. The fourth-order valence-electron chi connectivity index (χ4n) is 5.25. The molecule has 0 aliphatic carbocycles. The Morgan fingerprint density at radius 1 is 1.11 bits per heavy atom. The molecular weight excluding hydrogens is 439 g/mol. The second-order valence-corrected chi connectivity index (χ2v) is 8.97. The number of anilines is 1. The minimum absolute atomic E-state index is 0.00443. The number of aromatic amines is 1. The maximum atomic E-state index is 13.5. The minimum atomic E-state index is -0.117. The van der Waals surface area contributed by atoms with Gasteiger partial charge < -0.3 is 0 Å². The molecule has 0 unspecified atom stereocenters. The van der Waals surface area contributed by atoms with Crippen LogP contribution in [-0.4, -0.2) is 49.9 Å². The first-order chi connectivity index (χ1) is 17.1. The van der Waals surface area contributed by atoms with Crippen LogP contribution in [0.5, 0.6) is 0 Å². The zero-order valence-electron chi connectivity index (χ0n) is 19.5. The van der Waals surface area contributed by atoms with Gasteiger partial charge in [-0.2, -0.15) is 0 Å². The Morgan fingerprint density at radius 2 is 1.91 bits per heavy atom. The van der Waals surface area contributed by atoms with Crippen LogP contribution in [0, 0.1) is 0 Å². The number of fused-ring (bicyclic) bond motifs is 2. The number of aromatic nitrogens is 5. The van der Waals surface area contributed by atoms with Gasteiger partial charge in [-0.15, -0.1) is 0 Å². The number of aryl methyl sites for hydroxylation is 1. The summed E-state index contributed by atoms with van der Waals surface area (Å²) in [7, 11) is 0. The first kappa shape index (κ1) is 21.5. The molecule has 1 saturated heterocycles. The fourth-order valence-corrected chi connectivity index (χ4v) is 5.25. The Hall–Kier alpha value is -4.01. The monoisotopic (exact) mass is 464 g/mol. The molecule has 5 aromatic rings. The molecule has 1 aliphatic heterocycles. The summed E-state index contributed by atoms with van der Waals surface area (Å²) in [5.41, 5.74) is 3.76. The number of para-hydroxylation sites is 1. The van der Waals surface area contributed by atoms with Crippen molar-refractivity contribution in [2.24, 2.45) is 0 Å². The average Bonchev–Trinajstić information content (AvgIpc) is 3.45. The molecule has 9 heteroatoms. The van der Waals surface area contributed by atoms with Crippen molar-refractivity contribution in [2.75, 3.05) is 18.0 Å². The van der Waals surface area contributed by atoms with Crippen LogP contribution >= 0.6 is 0 Å². The number of rotatable bonds is 5. The second kappa shape index (κ2) is 8.65. The summed E-state index contributed by atoms with van der Waals surface area (Å²) in [4.78, 5) is 39.9. The third-order valence-corrected chi connectivity index (χ3v) is 7.03. The number of benzene rings is 1. The predicted octanol–water partition coefficient (Wildman–Crippen LogP) is 3.50. The molecular formula is C26H25BN6O2. The van der Waals surface area contributed by atoms with E-state index < -0.39 is 0 Å². The third kappa shape index (κ3) is 3.67. The van der Waals surface area contributed by atoms with Crippen LogP contribution in [0.4, 0.5) is 5.82 Å².